The van der Waals surface area contributed by atoms with Gasteiger partial charge in [0.2, 0.25) is 15.9 Å². The molecule has 5 rings (SSSR count). The third-order valence-electron chi connectivity index (χ3n) is 7.23. The fourth-order valence-electron chi connectivity index (χ4n) is 5.09. The molecule has 0 radical (unpaired) electrons. The van der Waals surface area contributed by atoms with Gasteiger partial charge in [0.1, 0.15) is 28.3 Å². The Bertz CT molecular complexity index is 1740. The highest BCUT2D eigenvalue weighted by Gasteiger charge is 2.34. The van der Waals surface area contributed by atoms with Gasteiger partial charge in [0, 0.05) is 41.9 Å². The highest BCUT2D eigenvalue weighted by molar-refractivity contribution is 7.89. The summed E-state index contributed by atoms with van der Waals surface area (Å²) in [5, 5.41) is 6.28. The van der Waals surface area contributed by atoms with Crippen LogP contribution in [0.1, 0.15) is 35.9 Å². The molecule has 3 heterocycles. The summed E-state index contributed by atoms with van der Waals surface area (Å²) < 4.78 is 61.0. The van der Waals surface area contributed by atoms with Crippen LogP contribution in [-0.4, -0.2) is 57.0 Å². The molecular weight excluding hydrogens is 589 g/mol. The number of aromatic nitrogens is 3. The van der Waals surface area contributed by atoms with Crippen LogP contribution in [0.3, 0.4) is 0 Å². The van der Waals surface area contributed by atoms with Gasteiger partial charge in [0.05, 0.1) is 20.3 Å². The van der Waals surface area contributed by atoms with Crippen molar-refractivity contribution in [3.8, 4) is 16.9 Å². The highest BCUT2D eigenvalue weighted by atomic mass is 35.5. The second kappa shape index (κ2) is 12.2. The van der Waals surface area contributed by atoms with Gasteiger partial charge in [0.15, 0.2) is 0 Å². The Morgan fingerprint density at radius 2 is 1.93 bits per heavy atom. The zero-order valence-electron chi connectivity index (χ0n) is 23.1. The van der Waals surface area contributed by atoms with Gasteiger partial charge in [-0.3, -0.25) is 0 Å². The van der Waals surface area contributed by atoms with E-state index in [2.05, 4.69) is 24.8 Å². The largest absolute Gasteiger partial charge is 0.495 e. The van der Waals surface area contributed by atoms with E-state index in [4.69, 9.17) is 25.5 Å². The zero-order valence-corrected chi connectivity index (χ0v) is 24.6. The standard InChI is InChI=1S/C28H29ClFN5O6S/c1-16-20(18-4-9-24(31-15-18)35-10-12-40-13-11-35)6-7-21(30)25(16)17(2)26(27-32-33-28(36)41-27)34-42(37,38)23-8-5-19(29)14-22(23)39-3/h4-9,14-15,17,26,34H,10-13H2,1-3H3,(H,33,36). The quantitative estimate of drug-likeness (QED) is 0.283. The highest BCUT2D eigenvalue weighted by Crippen LogP contribution is 2.39. The van der Waals surface area contributed by atoms with E-state index in [1.165, 1.54) is 31.4 Å². The number of hydrogen-bond donors (Lipinski definition) is 2. The Morgan fingerprint density at radius 1 is 1.17 bits per heavy atom. The molecule has 14 heteroatoms. The summed E-state index contributed by atoms with van der Waals surface area (Å²) >= 11 is 6.02. The van der Waals surface area contributed by atoms with E-state index in [1.54, 1.807) is 26.1 Å². The molecule has 222 valence electrons. The van der Waals surface area contributed by atoms with Crippen molar-refractivity contribution in [2.75, 3.05) is 38.3 Å². The van der Waals surface area contributed by atoms with Crippen LogP contribution in [-0.2, 0) is 14.8 Å². The van der Waals surface area contributed by atoms with E-state index in [0.29, 0.717) is 24.3 Å². The molecule has 1 aliphatic rings. The van der Waals surface area contributed by atoms with E-state index in [9.17, 15) is 13.2 Å². The maximum Gasteiger partial charge on any atom is 0.434 e. The number of anilines is 1. The number of H-pyrrole nitrogens is 1. The van der Waals surface area contributed by atoms with Crippen molar-refractivity contribution in [2.45, 2.75) is 30.7 Å². The average molecular weight is 618 g/mol. The van der Waals surface area contributed by atoms with E-state index in [-0.39, 0.29) is 27.1 Å². The minimum absolute atomic E-state index is 0.00210. The average Bonchev–Trinajstić information content (AvgIpc) is 3.42. The molecule has 2 N–H and O–H groups in total. The number of hydrogen-bond acceptors (Lipinski definition) is 9. The lowest BCUT2D eigenvalue weighted by molar-refractivity contribution is 0.122. The van der Waals surface area contributed by atoms with Crippen molar-refractivity contribution in [1.29, 1.82) is 0 Å². The summed E-state index contributed by atoms with van der Waals surface area (Å²) in [4.78, 5) is 18.4. The molecule has 2 aromatic carbocycles. The Kier molecular flexibility index (Phi) is 8.64. The van der Waals surface area contributed by atoms with Crippen molar-refractivity contribution < 1.29 is 26.7 Å². The SMILES string of the molecule is COc1cc(Cl)ccc1S(=O)(=O)NC(c1n[nH]c(=O)o1)C(C)c1c(F)ccc(-c2ccc(N3CCOCC3)nc2)c1C. The lowest BCUT2D eigenvalue weighted by atomic mass is 9.86. The molecule has 0 saturated carbocycles. The van der Waals surface area contributed by atoms with Crippen molar-refractivity contribution in [3.05, 3.63) is 87.1 Å². The number of aromatic amines is 1. The maximum absolute atomic E-state index is 15.5. The van der Waals surface area contributed by atoms with Gasteiger partial charge >= 0.3 is 5.76 Å². The fraction of sp³-hybridized carbons (Fsp3) is 0.321. The zero-order chi connectivity index (χ0) is 30.0. The van der Waals surface area contributed by atoms with E-state index in [1.807, 2.05) is 12.1 Å². The number of pyridine rings is 1. The van der Waals surface area contributed by atoms with E-state index >= 15 is 4.39 Å². The molecule has 0 aliphatic carbocycles. The molecule has 11 nitrogen and oxygen atoms in total. The van der Waals surface area contributed by atoms with Crippen molar-refractivity contribution >= 4 is 27.4 Å². The molecule has 42 heavy (non-hydrogen) atoms. The molecular formula is C28H29ClFN5O6S. The normalized spacial score (nSPS) is 15.4. The summed E-state index contributed by atoms with van der Waals surface area (Å²) in [5.41, 5.74) is 2.25. The Morgan fingerprint density at radius 3 is 2.57 bits per heavy atom. The predicted octanol–water partition coefficient (Wildman–Crippen LogP) is 4.19. The summed E-state index contributed by atoms with van der Waals surface area (Å²) in [6.45, 7) is 6.12. The predicted molar refractivity (Wildman–Crippen MR) is 154 cm³/mol. The number of rotatable bonds is 9. The monoisotopic (exact) mass is 617 g/mol. The summed E-state index contributed by atoms with van der Waals surface area (Å²) in [7, 11) is -3.00. The van der Waals surface area contributed by atoms with Crippen LogP contribution in [0.2, 0.25) is 5.02 Å². The molecule has 0 bridgehead atoms. The molecule has 2 aromatic heterocycles. The van der Waals surface area contributed by atoms with Gasteiger partial charge < -0.3 is 18.8 Å². The van der Waals surface area contributed by atoms with Crippen LogP contribution in [0.4, 0.5) is 10.2 Å². The fourth-order valence-corrected chi connectivity index (χ4v) is 6.68. The molecule has 0 amide bonds. The van der Waals surface area contributed by atoms with Crippen LogP contribution >= 0.6 is 11.6 Å². The maximum atomic E-state index is 15.5. The number of halogens is 2. The first-order valence-electron chi connectivity index (χ1n) is 13.1. The number of nitrogens with one attached hydrogen (secondary N) is 2. The minimum atomic E-state index is -4.31. The number of nitrogens with zero attached hydrogens (tertiary/aromatic N) is 3. The van der Waals surface area contributed by atoms with Gasteiger partial charge in [-0.15, -0.1) is 5.10 Å². The molecule has 1 saturated heterocycles. The molecule has 1 aliphatic heterocycles. The van der Waals surface area contributed by atoms with E-state index in [0.717, 1.165) is 24.5 Å². The van der Waals surface area contributed by atoms with Gasteiger partial charge in [0.25, 0.3) is 0 Å². The van der Waals surface area contributed by atoms with Gasteiger partial charge in [-0.05, 0) is 53.9 Å². The second-order valence-corrected chi connectivity index (χ2v) is 11.9. The van der Waals surface area contributed by atoms with Crippen molar-refractivity contribution in [1.82, 2.24) is 19.9 Å². The molecule has 2 atom stereocenters. The third kappa shape index (κ3) is 6.04. The lowest BCUT2D eigenvalue weighted by Gasteiger charge is -2.28. The topological polar surface area (TPSA) is 140 Å². The lowest BCUT2D eigenvalue weighted by Crippen LogP contribution is -2.36. The summed E-state index contributed by atoms with van der Waals surface area (Å²) in [6, 6.07) is 9.54. The minimum Gasteiger partial charge on any atom is -0.495 e. The van der Waals surface area contributed by atoms with Crippen molar-refractivity contribution in [2.24, 2.45) is 0 Å². The van der Waals surface area contributed by atoms with E-state index < -0.39 is 33.6 Å². The number of methoxy groups -OCH3 is 1. The summed E-state index contributed by atoms with van der Waals surface area (Å²) in [6.07, 6.45) is 1.72. The number of morpholine rings is 1. The first-order chi connectivity index (χ1) is 20.1. The van der Waals surface area contributed by atoms with Gasteiger partial charge in [-0.1, -0.05) is 24.6 Å². The summed E-state index contributed by atoms with van der Waals surface area (Å²) in [5.74, 6) is -1.77. The Labute approximate surface area is 246 Å². The first kappa shape index (κ1) is 29.7. The molecule has 0 spiro atoms. The second-order valence-electron chi connectivity index (χ2n) is 9.77. The number of ether oxygens (including phenoxy) is 2. The van der Waals surface area contributed by atoms with Crippen molar-refractivity contribution in [3.63, 3.8) is 0 Å². The van der Waals surface area contributed by atoms with Gasteiger partial charge in [-0.2, -0.15) is 4.72 Å². The Balaban J connectivity index is 1.52. The number of sulfonamides is 1. The number of benzene rings is 2. The van der Waals surface area contributed by atoms with Gasteiger partial charge in [-0.25, -0.2) is 27.7 Å². The van der Waals surface area contributed by atoms with Crippen LogP contribution in [0.25, 0.3) is 11.1 Å². The van der Waals surface area contributed by atoms with Crippen LogP contribution in [0.5, 0.6) is 5.75 Å². The Hall–Kier alpha value is -3.78. The first-order valence-corrected chi connectivity index (χ1v) is 14.9. The third-order valence-corrected chi connectivity index (χ3v) is 8.94. The molecule has 1 fully saturated rings. The van der Waals surface area contributed by atoms with Crippen LogP contribution in [0.15, 0.2) is 62.8 Å². The molecule has 4 aromatic rings. The smallest absolute Gasteiger partial charge is 0.434 e. The molecule has 2 unspecified atom stereocenters. The van der Waals surface area contributed by atoms with Crippen LogP contribution < -0.4 is 20.1 Å². The van der Waals surface area contributed by atoms with Crippen LogP contribution in [0, 0.1) is 12.7 Å².